The highest BCUT2D eigenvalue weighted by Gasteiger charge is 2.29. The lowest BCUT2D eigenvalue weighted by Crippen LogP contribution is -2.33. The molecule has 1 aliphatic rings. The second-order valence-electron chi connectivity index (χ2n) is 4.01. The van der Waals surface area contributed by atoms with Gasteiger partial charge in [0.1, 0.15) is 0 Å². The van der Waals surface area contributed by atoms with Gasteiger partial charge in [0, 0.05) is 5.69 Å². The Morgan fingerprint density at radius 2 is 2.06 bits per heavy atom. The molecule has 0 bridgehead atoms. The molecule has 0 saturated carbocycles. The number of imide groups is 1. The summed E-state index contributed by atoms with van der Waals surface area (Å²) in [6.45, 7) is 4.32. The van der Waals surface area contributed by atoms with Crippen LogP contribution in [0.1, 0.15) is 11.1 Å². The lowest BCUT2D eigenvalue weighted by Gasteiger charge is -2.15. The summed E-state index contributed by atoms with van der Waals surface area (Å²) >= 11 is 1.05. The van der Waals surface area contributed by atoms with Gasteiger partial charge in [-0.15, -0.1) is 0 Å². The maximum atomic E-state index is 11.4. The first kappa shape index (κ1) is 12.0. The van der Waals surface area contributed by atoms with E-state index >= 15 is 0 Å². The molecule has 0 radical (unpaired) electrons. The molecular formula is C12H14N2O2S. The van der Waals surface area contributed by atoms with E-state index in [1.54, 1.807) is 0 Å². The summed E-state index contributed by atoms with van der Waals surface area (Å²) in [6, 6.07) is 5.97. The normalized spacial score (nSPS) is 15.5. The minimum absolute atomic E-state index is 0.128. The number of nitrogens with one attached hydrogen (secondary N) is 1. The highest BCUT2D eigenvalue weighted by molar-refractivity contribution is 8.14. The molecule has 1 heterocycles. The van der Waals surface area contributed by atoms with Crippen LogP contribution in [0.4, 0.5) is 10.5 Å². The number of anilines is 1. The highest BCUT2D eigenvalue weighted by atomic mass is 32.2. The molecule has 17 heavy (non-hydrogen) atoms. The maximum Gasteiger partial charge on any atom is 0.290 e. The van der Waals surface area contributed by atoms with Crippen LogP contribution in [0.2, 0.25) is 0 Å². The lowest BCUT2D eigenvalue weighted by atomic mass is 10.1. The number of nitrogens with zero attached hydrogens (tertiary/aromatic N) is 1. The van der Waals surface area contributed by atoms with Crippen LogP contribution in [0.5, 0.6) is 0 Å². The summed E-state index contributed by atoms with van der Waals surface area (Å²) in [5.74, 6) is 0.129. The van der Waals surface area contributed by atoms with E-state index in [1.165, 1.54) is 16.0 Å². The summed E-state index contributed by atoms with van der Waals surface area (Å²) in [5, 5.41) is 2.91. The number of carbonyl (C=O) groups is 2. The topological polar surface area (TPSA) is 49.4 Å². The summed E-state index contributed by atoms with van der Waals surface area (Å²) < 4.78 is 0. The molecule has 1 aromatic carbocycles. The molecule has 90 valence electrons. The molecule has 1 fully saturated rings. The number of hydrogen-bond acceptors (Lipinski definition) is 4. The fraction of sp³-hybridized carbons (Fsp3) is 0.333. The van der Waals surface area contributed by atoms with Crippen LogP contribution in [0.25, 0.3) is 0 Å². The van der Waals surface area contributed by atoms with Gasteiger partial charge < -0.3 is 5.32 Å². The van der Waals surface area contributed by atoms with E-state index in [1.807, 2.05) is 32.0 Å². The van der Waals surface area contributed by atoms with Crippen molar-refractivity contribution in [1.82, 2.24) is 4.90 Å². The van der Waals surface area contributed by atoms with Crippen molar-refractivity contribution in [3.05, 3.63) is 29.3 Å². The van der Waals surface area contributed by atoms with E-state index in [0.717, 1.165) is 17.4 Å². The maximum absolute atomic E-state index is 11.4. The number of rotatable bonds is 3. The second-order valence-corrected chi connectivity index (χ2v) is 4.94. The number of aryl methyl sites for hydroxylation is 2. The summed E-state index contributed by atoms with van der Waals surface area (Å²) in [7, 11) is 0. The second kappa shape index (κ2) is 4.79. The van der Waals surface area contributed by atoms with Crippen molar-refractivity contribution in [2.45, 2.75) is 13.8 Å². The molecule has 4 nitrogen and oxygen atoms in total. The minimum Gasteiger partial charge on any atom is -0.367 e. The van der Waals surface area contributed by atoms with Gasteiger partial charge in [-0.1, -0.05) is 17.8 Å². The summed E-state index contributed by atoms with van der Waals surface area (Å²) in [4.78, 5) is 24.0. The first-order valence-corrected chi connectivity index (χ1v) is 6.35. The van der Waals surface area contributed by atoms with Crippen LogP contribution in [-0.2, 0) is 4.79 Å². The Bertz CT molecular complexity index is 458. The molecule has 0 atom stereocenters. The Balaban J connectivity index is 2.00. The third-order valence-electron chi connectivity index (χ3n) is 2.79. The lowest BCUT2D eigenvalue weighted by molar-refractivity contribution is -0.124. The average Bonchev–Trinajstić information content (AvgIpc) is 2.61. The Labute approximate surface area is 104 Å². The largest absolute Gasteiger partial charge is 0.367 e. The fourth-order valence-electron chi connectivity index (χ4n) is 1.56. The monoisotopic (exact) mass is 250 g/mol. The SMILES string of the molecule is Cc1ccc(NCN2C(=O)CSC2=O)cc1C. The average molecular weight is 250 g/mol. The van der Waals surface area contributed by atoms with E-state index in [4.69, 9.17) is 0 Å². The highest BCUT2D eigenvalue weighted by Crippen LogP contribution is 2.19. The Morgan fingerprint density at radius 3 is 2.65 bits per heavy atom. The number of amides is 2. The third-order valence-corrected chi connectivity index (χ3v) is 3.65. The zero-order chi connectivity index (χ0) is 12.4. The van der Waals surface area contributed by atoms with E-state index in [-0.39, 0.29) is 23.6 Å². The van der Waals surface area contributed by atoms with Gasteiger partial charge in [0.05, 0.1) is 12.4 Å². The van der Waals surface area contributed by atoms with Crippen molar-refractivity contribution in [2.75, 3.05) is 17.7 Å². The molecule has 1 saturated heterocycles. The Kier molecular flexibility index (Phi) is 3.38. The van der Waals surface area contributed by atoms with Gasteiger partial charge in [0.2, 0.25) is 5.91 Å². The molecule has 0 aromatic heterocycles. The van der Waals surface area contributed by atoms with E-state index < -0.39 is 0 Å². The quantitative estimate of drug-likeness (QED) is 0.894. The molecule has 5 heteroatoms. The van der Waals surface area contributed by atoms with E-state index in [0.29, 0.717) is 0 Å². The van der Waals surface area contributed by atoms with Crippen molar-refractivity contribution < 1.29 is 9.59 Å². The Hall–Kier alpha value is -1.49. The fourth-order valence-corrected chi connectivity index (χ4v) is 2.28. The van der Waals surface area contributed by atoms with Crippen LogP contribution >= 0.6 is 11.8 Å². The smallest absolute Gasteiger partial charge is 0.290 e. The predicted octanol–water partition coefficient (Wildman–Crippen LogP) is 2.37. The zero-order valence-corrected chi connectivity index (χ0v) is 10.6. The van der Waals surface area contributed by atoms with Gasteiger partial charge in [0.15, 0.2) is 0 Å². The van der Waals surface area contributed by atoms with Crippen LogP contribution < -0.4 is 5.32 Å². The first-order chi connectivity index (χ1) is 8.08. The van der Waals surface area contributed by atoms with Gasteiger partial charge in [-0.3, -0.25) is 14.5 Å². The van der Waals surface area contributed by atoms with Gasteiger partial charge >= 0.3 is 0 Å². The first-order valence-electron chi connectivity index (χ1n) is 5.36. The minimum atomic E-state index is -0.175. The zero-order valence-electron chi connectivity index (χ0n) is 9.82. The molecule has 1 N–H and O–H groups in total. The van der Waals surface area contributed by atoms with Gasteiger partial charge in [0.25, 0.3) is 5.24 Å². The van der Waals surface area contributed by atoms with Crippen molar-refractivity contribution in [3.8, 4) is 0 Å². The molecule has 2 rings (SSSR count). The number of hydrogen-bond donors (Lipinski definition) is 1. The summed E-state index contributed by atoms with van der Waals surface area (Å²) in [5.41, 5.74) is 3.33. The molecule has 0 spiro atoms. The molecule has 1 aromatic rings. The van der Waals surface area contributed by atoms with Gasteiger partial charge in [-0.2, -0.15) is 0 Å². The van der Waals surface area contributed by atoms with Crippen LogP contribution in [0.3, 0.4) is 0 Å². The molecule has 1 aliphatic heterocycles. The molecular weight excluding hydrogens is 236 g/mol. The number of thioether (sulfide) groups is 1. The van der Waals surface area contributed by atoms with E-state index in [2.05, 4.69) is 5.32 Å². The van der Waals surface area contributed by atoms with Gasteiger partial charge in [-0.05, 0) is 37.1 Å². The number of benzene rings is 1. The predicted molar refractivity (Wildman–Crippen MR) is 69.1 cm³/mol. The molecule has 0 unspecified atom stereocenters. The van der Waals surface area contributed by atoms with Crippen LogP contribution in [0, 0.1) is 13.8 Å². The molecule has 0 aliphatic carbocycles. The van der Waals surface area contributed by atoms with Crippen LogP contribution in [-0.4, -0.2) is 28.5 Å². The van der Waals surface area contributed by atoms with Gasteiger partial charge in [-0.25, -0.2) is 0 Å². The van der Waals surface area contributed by atoms with Crippen molar-refractivity contribution in [3.63, 3.8) is 0 Å². The van der Waals surface area contributed by atoms with Crippen molar-refractivity contribution in [1.29, 1.82) is 0 Å². The Morgan fingerprint density at radius 1 is 1.29 bits per heavy atom. The summed E-state index contributed by atoms with van der Waals surface area (Å²) in [6.07, 6.45) is 0. The van der Waals surface area contributed by atoms with E-state index in [9.17, 15) is 9.59 Å². The number of carbonyl (C=O) groups excluding carboxylic acids is 2. The third kappa shape index (κ3) is 2.61. The van der Waals surface area contributed by atoms with Crippen LogP contribution in [0.15, 0.2) is 18.2 Å². The van der Waals surface area contributed by atoms with Crippen molar-refractivity contribution >= 4 is 28.6 Å². The standard InChI is InChI=1S/C12H14N2O2S/c1-8-3-4-10(5-9(8)2)13-7-14-11(15)6-17-12(14)16/h3-5,13H,6-7H2,1-2H3. The van der Waals surface area contributed by atoms with Crippen molar-refractivity contribution in [2.24, 2.45) is 0 Å². The molecule has 2 amide bonds.